The summed E-state index contributed by atoms with van der Waals surface area (Å²) in [7, 11) is 0. The summed E-state index contributed by atoms with van der Waals surface area (Å²) >= 11 is 0. The average Bonchev–Trinajstić information content (AvgIpc) is 2.22. The van der Waals surface area contributed by atoms with E-state index in [0.29, 0.717) is 18.1 Å². The first kappa shape index (κ1) is 14.0. The number of likely N-dealkylation sites (tertiary alicyclic amines) is 1. The van der Waals surface area contributed by atoms with Gasteiger partial charge in [0.15, 0.2) is 0 Å². The van der Waals surface area contributed by atoms with Crippen LogP contribution in [0.1, 0.15) is 59.3 Å². The van der Waals surface area contributed by atoms with Gasteiger partial charge in [-0.05, 0) is 38.0 Å². The Bertz CT molecular complexity index is 179. The Kier molecular flexibility index (Phi) is 5.77. The predicted octanol–water partition coefficient (Wildman–Crippen LogP) is 3.05. The van der Waals surface area contributed by atoms with E-state index in [1.807, 2.05) is 0 Å². The first-order valence-corrected chi connectivity index (χ1v) is 7.02. The molecule has 0 aromatic heterocycles. The molecule has 2 nitrogen and oxygen atoms in total. The zero-order chi connectivity index (χ0) is 12.0. The van der Waals surface area contributed by atoms with Crippen LogP contribution >= 0.6 is 0 Å². The Morgan fingerprint density at radius 1 is 1.19 bits per heavy atom. The van der Waals surface area contributed by atoms with Gasteiger partial charge in [-0.15, -0.1) is 0 Å². The van der Waals surface area contributed by atoms with Gasteiger partial charge < -0.3 is 5.11 Å². The Morgan fingerprint density at radius 2 is 1.75 bits per heavy atom. The monoisotopic (exact) mass is 227 g/mol. The van der Waals surface area contributed by atoms with Crippen molar-refractivity contribution < 1.29 is 5.11 Å². The van der Waals surface area contributed by atoms with E-state index in [1.165, 1.54) is 38.8 Å². The van der Waals surface area contributed by atoms with Crippen LogP contribution in [0.4, 0.5) is 0 Å². The fourth-order valence-corrected chi connectivity index (χ4v) is 3.20. The van der Waals surface area contributed by atoms with Gasteiger partial charge in [-0.3, -0.25) is 4.90 Å². The molecule has 0 aliphatic carbocycles. The molecule has 0 aromatic rings. The normalized spacial score (nSPS) is 21.8. The second kappa shape index (κ2) is 6.61. The minimum atomic E-state index is 0.341. The van der Waals surface area contributed by atoms with Crippen molar-refractivity contribution >= 4 is 0 Å². The topological polar surface area (TPSA) is 23.5 Å². The van der Waals surface area contributed by atoms with E-state index in [2.05, 4.69) is 25.7 Å². The van der Waals surface area contributed by atoms with Crippen LogP contribution in [0.2, 0.25) is 0 Å². The Balaban J connectivity index is 2.31. The second-order valence-corrected chi connectivity index (χ2v) is 5.62. The smallest absolute Gasteiger partial charge is 0.0431 e. The zero-order valence-corrected chi connectivity index (χ0v) is 11.3. The summed E-state index contributed by atoms with van der Waals surface area (Å²) in [5.74, 6) is 0. The van der Waals surface area contributed by atoms with Crippen LogP contribution in [-0.4, -0.2) is 35.7 Å². The summed E-state index contributed by atoms with van der Waals surface area (Å²) in [4.78, 5) is 2.60. The molecule has 0 aromatic carbocycles. The molecule has 0 amide bonds. The molecule has 96 valence electrons. The van der Waals surface area contributed by atoms with Crippen molar-refractivity contribution in [3.05, 3.63) is 0 Å². The molecule has 1 unspecified atom stereocenters. The van der Waals surface area contributed by atoms with Gasteiger partial charge in [0.1, 0.15) is 0 Å². The number of nitrogens with zero attached hydrogens (tertiary/aromatic N) is 1. The first-order valence-electron chi connectivity index (χ1n) is 7.02. The van der Waals surface area contributed by atoms with Gasteiger partial charge >= 0.3 is 0 Å². The molecule has 0 radical (unpaired) electrons. The number of hydrogen-bond donors (Lipinski definition) is 1. The molecular weight excluding hydrogens is 198 g/mol. The van der Waals surface area contributed by atoms with Gasteiger partial charge in [0.2, 0.25) is 0 Å². The Labute approximate surface area is 101 Å². The van der Waals surface area contributed by atoms with E-state index in [-0.39, 0.29) is 0 Å². The largest absolute Gasteiger partial charge is 0.396 e. The molecule has 2 heteroatoms. The summed E-state index contributed by atoms with van der Waals surface area (Å²) in [6.07, 6.45) is 7.52. The molecule has 0 saturated carbocycles. The van der Waals surface area contributed by atoms with Crippen molar-refractivity contribution in [2.45, 2.75) is 65.3 Å². The minimum absolute atomic E-state index is 0.341. The van der Waals surface area contributed by atoms with Crippen LogP contribution in [0.25, 0.3) is 0 Å². The summed E-state index contributed by atoms with van der Waals surface area (Å²) in [6.45, 7) is 9.83. The molecule has 16 heavy (non-hydrogen) atoms. The van der Waals surface area contributed by atoms with Crippen LogP contribution in [-0.2, 0) is 0 Å². The van der Waals surface area contributed by atoms with E-state index < -0.39 is 0 Å². The van der Waals surface area contributed by atoms with Crippen LogP contribution in [0.5, 0.6) is 0 Å². The molecule has 1 rings (SSSR count). The van der Waals surface area contributed by atoms with Gasteiger partial charge in [-0.2, -0.15) is 0 Å². The van der Waals surface area contributed by atoms with Gasteiger partial charge in [0.05, 0.1) is 0 Å². The van der Waals surface area contributed by atoms with Crippen molar-refractivity contribution in [1.29, 1.82) is 0 Å². The van der Waals surface area contributed by atoms with E-state index >= 15 is 0 Å². The van der Waals surface area contributed by atoms with Gasteiger partial charge in [0.25, 0.3) is 0 Å². The number of hydrogen-bond acceptors (Lipinski definition) is 2. The highest BCUT2D eigenvalue weighted by molar-refractivity contribution is 4.96. The quantitative estimate of drug-likeness (QED) is 0.689. The standard InChI is InChI=1S/C14H29NO/c1-4-8-14(9-5-2)11-15(12-14)13(3)7-6-10-16/h13,16H,4-12H2,1-3H3. The minimum Gasteiger partial charge on any atom is -0.396 e. The third-order valence-corrected chi connectivity index (χ3v) is 4.04. The molecule has 1 fully saturated rings. The summed E-state index contributed by atoms with van der Waals surface area (Å²) in [6, 6.07) is 0.661. The maximum Gasteiger partial charge on any atom is 0.0431 e. The maximum atomic E-state index is 8.84. The predicted molar refractivity (Wildman–Crippen MR) is 69.6 cm³/mol. The van der Waals surface area contributed by atoms with Gasteiger partial charge in [0, 0.05) is 25.7 Å². The molecule has 1 saturated heterocycles. The lowest BCUT2D eigenvalue weighted by molar-refractivity contribution is -0.0422. The number of aliphatic hydroxyl groups excluding tert-OH is 1. The van der Waals surface area contributed by atoms with Gasteiger partial charge in [-0.25, -0.2) is 0 Å². The molecule has 0 spiro atoms. The van der Waals surface area contributed by atoms with Crippen molar-refractivity contribution in [3.63, 3.8) is 0 Å². The van der Waals surface area contributed by atoms with Crippen LogP contribution in [0.3, 0.4) is 0 Å². The lowest BCUT2D eigenvalue weighted by Gasteiger charge is -2.53. The highest BCUT2D eigenvalue weighted by Crippen LogP contribution is 2.40. The first-order chi connectivity index (χ1) is 7.67. The highest BCUT2D eigenvalue weighted by atomic mass is 16.2. The molecule has 0 bridgehead atoms. The fourth-order valence-electron chi connectivity index (χ4n) is 3.20. The van der Waals surface area contributed by atoms with Crippen molar-refractivity contribution in [2.24, 2.45) is 5.41 Å². The molecule has 1 aliphatic rings. The summed E-state index contributed by atoms with van der Waals surface area (Å²) < 4.78 is 0. The highest BCUT2D eigenvalue weighted by Gasteiger charge is 2.42. The lowest BCUT2D eigenvalue weighted by Crippen LogP contribution is -2.59. The van der Waals surface area contributed by atoms with Crippen LogP contribution in [0, 0.1) is 5.41 Å². The molecule has 1 N–H and O–H groups in total. The van der Waals surface area contributed by atoms with E-state index in [0.717, 1.165) is 12.8 Å². The Hall–Kier alpha value is -0.0800. The van der Waals surface area contributed by atoms with E-state index in [1.54, 1.807) is 0 Å². The Morgan fingerprint density at radius 3 is 2.19 bits per heavy atom. The number of aliphatic hydroxyl groups is 1. The van der Waals surface area contributed by atoms with Crippen molar-refractivity contribution in [2.75, 3.05) is 19.7 Å². The fraction of sp³-hybridized carbons (Fsp3) is 1.00. The second-order valence-electron chi connectivity index (χ2n) is 5.62. The van der Waals surface area contributed by atoms with E-state index in [4.69, 9.17) is 5.11 Å². The summed E-state index contributed by atoms with van der Waals surface area (Å²) in [5.41, 5.74) is 0.636. The third-order valence-electron chi connectivity index (χ3n) is 4.04. The third kappa shape index (κ3) is 3.46. The van der Waals surface area contributed by atoms with Crippen LogP contribution in [0.15, 0.2) is 0 Å². The average molecular weight is 227 g/mol. The zero-order valence-electron chi connectivity index (χ0n) is 11.3. The maximum absolute atomic E-state index is 8.84. The molecule has 1 aliphatic heterocycles. The molecule has 1 heterocycles. The number of rotatable bonds is 8. The molecular formula is C14H29NO. The SMILES string of the molecule is CCCC1(CCC)CN(C(C)CCCO)C1. The van der Waals surface area contributed by atoms with Crippen molar-refractivity contribution in [1.82, 2.24) is 4.90 Å². The van der Waals surface area contributed by atoms with Gasteiger partial charge in [-0.1, -0.05) is 26.7 Å². The van der Waals surface area contributed by atoms with E-state index in [9.17, 15) is 0 Å². The molecule has 1 atom stereocenters. The van der Waals surface area contributed by atoms with Crippen molar-refractivity contribution in [3.8, 4) is 0 Å². The summed E-state index contributed by atoms with van der Waals surface area (Å²) in [5, 5.41) is 8.84. The van der Waals surface area contributed by atoms with Crippen LogP contribution < -0.4 is 0 Å². The lowest BCUT2D eigenvalue weighted by atomic mass is 9.72.